The number of aliphatic hydroxyl groups excluding tert-OH is 1. The minimum atomic E-state index is -1.46. The lowest BCUT2D eigenvalue weighted by molar-refractivity contribution is -0.142. The predicted molar refractivity (Wildman–Crippen MR) is 128 cm³/mol. The van der Waals surface area contributed by atoms with Crippen LogP contribution in [0, 0.1) is 0 Å². The van der Waals surface area contributed by atoms with Crippen molar-refractivity contribution in [3.63, 3.8) is 0 Å². The van der Waals surface area contributed by atoms with Gasteiger partial charge < -0.3 is 42.7 Å². The highest BCUT2D eigenvalue weighted by molar-refractivity contribution is 5.94. The van der Waals surface area contributed by atoms with E-state index in [0.717, 1.165) is 0 Å². The zero-order chi connectivity index (χ0) is 27.1. The van der Waals surface area contributed by atoms with E-state index in [1.165, 1.54) is 0 Å². The second-order valence-electron chi connectivity index (χ2n) is 8.22. The van der Waals surface area contributed by atoms with Crippen LogP contribution in [-0.2, 0) is 30.4 Å². The molecule has 4 unspecified atom stereocenters. The average molecular weight is 510 g/mol. The molecule has 0 spiro atoms. The van der Waals surface area contributed by atoms with Gasteiger partial charge >= 0.3 is 11.9 Å². The Morgan fingerprint density at radius 2 is 1.39 bits per heavy atom. The van der Waals surface area contributed by atoms with E-state index < -0.39 is 60.4 Å². The fourth-order valence-electron chi connectivity index (χ4n) is 3.24. The second kappa shape index (κ2) is 16.2. The lowest BCUT2D eigenvalue weighted by Crippen LogP contribution is -2.58. The topological polar surface area (TPSA) is 234 Å². The summed E-state index contributed by atoms with van der Waals surface area (Å²) in [4.78, 5) is 60.2. The van der Waals surface area contributed by atoms with Crippen molar-refractivity contribution in [2.24, 2.45) is 11.5 Å². The average Bonchev–Trinajstić information content (AvgIpc) is 2.84. The maximum Gasteiger partial charge on any atom is 0.326 e. The van der Waals surface area contributed by atoms with Crippen LogP contribution in [0.25, 0.3) is 0 Å². The van der Waals surface area contributed by atoms with E-state index in [1.807, 2.05) is 0 Å². The maximum atomic E-state index is 12.9. The standard InChI is InChI=1S/C23H35N5O8/c24-11-5-4-8-16(21(33)27-17(23(35)36)12-14-6-2-1-3-7-14)26-22(34)18(13-29)28-20(32)15(25)9-10-19(30)31/h1-3,6-7,15-18,29H,4-5,8-13,24-25H2,(H,26,34)(H,27,33)(H,28,32)(H,30,31)(H,35,36). The number of hydrogen-bond acceptors (Lipinski definition) is 8. The molecule has 10 N–H and O–H groups in total. The molecule has 0 aliphatic carbocycles. The van der Waals surface area contributed by atoms with Crippen molar-refractivity contribution in [3.05, 3.63) is 35.9 Å². The van der Waals surface area contributed by atoms with Gasteiger partial charge in [-0.1, -0.05) is 30.3 Å². The van der Waals surface area contributed by atoms with Crippen LogP contribution in [0.1, 0.15) is 37.7 Å². The van der Waals surface area contributed by atoms with E-state index in [4.69, 9.17) is 16.6 Å². The summed E-state index contributed by atoms with van der Waals surface area (Å²) in [7, 11) is 0. The van der Waals surface area contributed by atoms with Gasteiger partial charge in [0.05, 0.1) is 12.6 Å². The van der Waals surface area contributed by atoms with E-state index in [-0.39, 0.29) is 25.7 Å². The number of aliphatic hydroxyl groups is 1. The molecule has 4 atom stereocenters. The first-order valence-electron chi connectivity index (χ1n) is 11.5. The lowest BCUT2D eigenvalue weighted by Gasteiger charge is -2.24. The van der Waals surface area contributed by atoms with Gasteiger partial charge in [-0.05, 0) is 37.8 Å². The molecule has 13 nitrogen and oxygen atoms in total. The molecule has 36 heavy (non-hydrogen) atoms. The van der Waals surface area contributed by atoms with E-state index in [9.17, 15) is 34.2 Å². The van der Waals surface area contributed by atoms with Crippen molar-refractivity contribution in [2.45, 2.75) is 62.7 Å². The second-order valence-corrected chi connectivity index (χ2v) is 8.22. The highest BCUT2D eigenvalue weighted by Gasteiger charge is 2.30. The predicted octanol–water partition coefficient (Wildman–Crippen LogP) is -1.92. The molecule has 0 aliphatic rings. The fourth-order valence-corrected chi connectivity index (χ4v) is 3.24. The van der Waals surface area contributed by atoms with Crippen LogP contribution in [0.4, 0.5) is 0 Å². The summed E-state index contributed by atoms with van der Waals surface area (Å²) < 4.78 is 0. The number of nitrogens with two attached hydrogens (primary N) is 2. The SMILES string of the molecule is NCCCCC(NC(=O)C(CO)NC(=O)C(N)CCC(=O)O)C(=O)NC(Cc1ccccc1)C(=O)O. The first-order valence-corrected chi connectivity index (χ1v) is 11.5. The van der Waals surface area contributed by atoms with Gasteiger partial charge in [0.1, 0.15) is 18.1 Å². The molecule has 1 aromatic carbocycles. The van der Waals surface area contributed by atoms with Gasteiger partial charge in [-0.15, -0.1) is 0 Å². The Morgan fingerprint density at radius 3 is 1.94 bits per heavy atom. The molecular formula is C23H35N5O8. The van der Waals surface area contributed by atoms with Crippen molar-refractivity contribution >= 4 is 29.7 Å². The summed E-state index contributed by atoms with van der Waals surface area (Å²) in [6, 6.07) is 3.60. The van der Waals surface area contributed by atoms with Gasteiger partial charge in [-0.25, -0.2) is 4.79 Å². The Morgan fingerprint density at radius 1 is 0.806 bits per heavy atom. The van der Waals surface area contributed by atoms with Crippen molar-refractivity contribution in [1.82, 2.24) is 16.0 Å². The summed E-state index contributed by atoms with van der Waals surface area (Å²) in [5.41, 5.74) is 11.8. The molecule has 0 heterocycles. The van der Waals surface area contributed by atoms with Crippen LogP contribution < -0.4 is 27.4 Å². The van der Waals surface area contributed by atoms with E-state index in [2.05, 4.69) is 16.0 Å². The number of benzene rings is 1. The van der Waals surface area contributed by atoms with Crippen LogP contribution in [0.3, 0.4) is 0 Å². The van der Waals surface area contributed by atoms with E-state index in [0.29, 0.717) is 24.9 Å². The van der Waals surface area contributed by atoms with Crippen LogP contribution in [0.2, 0.25) is 0 Å². The molecule has 200 valence electrons. The minimum absolute atomic E-state index is 0.0228. The van der Waals surface area contributed by atoms with Gasteiger partial charge in [-0.3, -0.25) is 19.2 Å². The Balaban J connectivity index is 2.88. The molecule has 3 amide bonds. The number of carbonyl (C=O) groups excluding carboxylic acids is 3. The lowest BCUT2D eigenvalue weighted by atomic mass is 10.0. The van der Waals surface area contributed by atoms with Crippen molar-refractivity contribution in [1.29, 1.82) is 0 Å². The summed E-state index contributed by atoms with van der Waals surface area (Å²) in [6.45, 7) is -0.469. The minimum Gasteiger partial charge on any atom is -0.481 e. The Labute approximate surface area is 208 Å². The van der Waals surface area contributed by atoms with Crippen LogP contribution in [-0.4, -0.2) is 82.3 Å². The number of aliphatic carboxylic acids is 2. The number of carboxylic acid groups (broad SMARTS) is 2. The summed E-state index contributed by atoms with van der Waals surface area (Å²) in [5.74, 6) is -4.88. The number of unbranched alkanes of at least 4 members (excludes halogenated alkanes) is 1. The molecule has 0 fully saturated rings. The number of nitrogens with one attached hydrogen (secondary N) is 3. The zero-order valence-electron chi connectivity index (χ0n) is 19.9. The number of hydrogen-bond donors (Lipinski definition) is 8. The fraction of sp³-hybridized carbons (Fsp3) is 0.522. The Bertz CT molecular complexity index is 883. The molecule has 1 aromatic rings. The number of rotatable bonds is 17. The van der Waals surface area contributed by atoms with Crippen LogP contribution in [0.5, 0.6) is 0 Å². The summed E-state index contributed by atoms with van der Waals surface area (Å²) in [5, 5.41) is 35.0. The third-order valence-corrected chi connectivity index (χ3v) is 5.30. The number of carboxylic acids is 2. The summed E-state index contributed by atoms with van der Waals surface area (Å²) >= 11 is 0. The smallest absolute Gasteiger partial charge is 0.326 e. The van der Waals surface area contributed by atoms with Crippen molar-refractivity contribution < 1.29 is 39.3 Å². The van der Waals surface area contributed by atoms with Gasteiger partial charge in [0, 0.05) is 12.8 Å². The van der Waals surface area contributed by atoms with Gasteiger partial charge in [0.15, 0.2) is 0 Å². The normalized spacial score (nSPS) is 14.1. The highest BCUT2D eigenvalue weighted by atomic mass is 16.4. The van der Waals surface area contributed by atoms with E-state index in [1.54, 1.807) is 30.3 Å². The Hall–Kier alpha value is -3.55. The molecule has 0 aromatic heterocycles. The van der Waals surface area contributed by atoms with Crippen molar-refractivity contribution in [3.8, 4) is 0 Å². The quantitative estimate of drug-likeness (QED) is 0.108. The molecule has 0 bridgehead atoms. The molecule has 13 heteroatoms. The van der Waals surface area contributed by atoms with Crippen LogP contribution >= 0.6 is 0 Å². The third kappa shape index (κ3) is 11.3. The van der Waals surface area contributed by atoms with Crippen LogP contribution in [0.15, 0.2) is 30.3 Å². The first-order chi connectivity index (χ1) is 17.1. The molecular weight excluding hydrogens is 474 g/mol. The number of carbonyl (C=O) groups is 5. The molecule has 0 aliphatic heterocycles. The molecule has 1 rings (SSSR count). The van der Waals surface area contributed by atoms with Crippen molar-refractivity contribution in [2.75, 3.05) is 13.2 Å². The van der Waals surface area contributed by atoms with E-state index >= 15 is 0 Å². The number of amides is 3. The molecule has 0 saturated carbocycles. The monoisotopic (exact) mass is 509 g/mol. The maximum absolute atomic E-state index is 12.9. The largest absolute Gasteiger partial charge is 0.481 e. The highest BCUT2D eigenvalue weighted by Crippen LogP contribution is 2.07. The Kier molecular flexibility index (Phi) is 13.7. The first kappa shape index (κ1) is 30.5. The van der Waals surface area contributed by atoms with Gasteiger partial charge in [0.2, 0.25) is 17.7 Å². The third-order valence-electron chi connectivity index (χ3n) is 5.30. The van der Waals surface area contributed by atoms with Gasteiger partial charge in [0.25, 0.3) is 0 Å². The van der Waals surface area contributed by atoms with Gasteiger partial charge in [-0.2, -0.15) is 0 Å². The molecule has 0 radical (unpaired) electrons. The zero-order valence-corrected chi connectivity index (χ0v) is 19.9. The summed E-state index contributed by atoms with van der Waals surface area (Å²) in [6.07, 6.45) is 0.614. The molecule has 0 saturated heterocycles.